The van der Waals surface area contributed by atoms with Gasteiger partial charge in [-0.15, -0.1) is 0 Å². The molecule has 1 unspecified atom stereocenters. The van der Waals surface area contributed by atoms with Gasteiger partial charge in [0.1, 0.15) is 14.8 Å². The minimum absolute atomic E-state index is 0. The first kappa shape index (κ1) is 32.7. The van der Waals surface area contributed by atoms with E-state index < -0.39 is 16.2 Å². The maximum absolute atomic E-state index is 7.24. The van der Waals surface area contributed by atoms with Crippen LogP contribution >= 0.6 is 16.2 Å². The van der Waals surface area contributed by atoms with Crippen LogP contribution in [0.5, 0.6) is 0 Å². The maximum Gasteiger partial charge on any atom is 0.139 e. The van der Waals surface area contributed by atoms with Crippen molar-refractivity contribution >= 4 is 16.2 Å². The Morgan fingerprint density at radius 1 is 0.564 bits per heavy atom. The molecule has 1 saturated heterocycles. The molecule has 6 rings (SSSR count). The van der Waals surface area contributed by atoms with Gasteiger partial charge in [0, 0.05) is 26.0 Å². The molecule has 1 radical (unpaired) electrons. The van der Waals surface area contributed by atoms with Crippen LogP contribution in [0.25, 0.3) is 0 Å². The Morgan fingerprint density at radius 2 is 1.00 bits per heavy atom. The summed E-state index contributed by atoms with van der Waals surface area (Å²) in [7, 11) is -1.05. The van der Waals surface area contributed by atoms with Crippen LogP contribution in [-0.2, 0) is 24.0 Å². The molecule has 1 aromatic rings. The summed E-state index contributed by atoms with van der Waals surface area (Å²) in [5.74, 6) is 0. The number of nitrogens with zero attached hydrogens (tertiary/aromatic N) is 1. The van der Waals surface area contributed by atoms with E-state index in [2.05, 4.69) is 4.67 Å². The van der Waals surface area contributed by atoms with Crippen molar-refractivity contribution in [1.82, 2.24) is 4.67 Å². The van der Waals surface area contributed by atoms with Crippen molar-refractivity contribution in [2.75, 3.05) is 13.2 Å². The van der Waals surface area contributed by atoms with Crippen LogP contribution < -0.4 is 0 Å². The second-order valence-electron chi connectivity index (χ2n) is 13.4. The van der Waals surface area contributed by atoms with Crippen LogP contribution in [-0.4, -0.2) is 46.5 Å². The molecular weight excluding hydrogens is 603 g/mol. The minimum Gasteiger partial charge on any atom is -0.238 e. The van der Waals surface area contributed by atoms with E-state index in [-0.39, 0.29) is 19.5 Å². The zero-order chi connectivity index (χ0) is 25.8. The molecule has 1 atom stereocenters. The van der Waals surface area contributed by atoms with Gasteiger partial charge in [0.25, 0.3) is 0 Å². The van der Waals surface area contributed by atoms with Crippen LogP contribution in [0.2, 0.25) is 0 Å². The third-order valence-corrected chi connectivity index (χ3v) is 18.1. The first-order valence-electron chi connectivity index (χ1n) is 17.2. The molecule has 5 aliphatic rings. The van der Waals surface area contributed by atoms with E-state index in [0.29, 0.717) is 0 Å². The quantitative estimate of drug-likeness (QED) is 0.156. The fourth-order valence-corrected chi connectivity index (χ4v) is 16.9. The SMILES string of the molecule is C1CCC([PH+](OCC2CCCN2[PH+](C2CCCCC2)C2CCCCC2)C2CCCCC2)CC1.[Rh].c1cc[cH-]c1. The van der Waals surface area contributed by atoms with Gasteiger partial charge in [-0.3, -0.25) is 0 Å². The summed E-state index contributed by atoms with van der Waals surface area (Å²) in [5.41, 5.74) is 4.13. The fraction of sp³-hybridized carbons (Fsp3) is 0.853. The molecule has 1 heterocycles. The molecule has 0 spiro atoms. The predicted octanol–water partition coefficient (Wildman–Crippen LogP) is 10.5. The van der Waals surface area contributed by atoms with Gasteiger partial charge in [0.15, 0.2) is 0 Å². The van der Waals surface area contributed by atoms with Gasteiger partial charge in [0.05, 0.1) is 36.8 Å². The average Bonchev–Trinajstić information content (AvgIpc) is 3.72. The van der Waals surface area contributed by atoms with Gasteiger partial charge in [-0.2, -0.15) is 22.9 Å². The fourth-order valence-electron chi connectivity index (χ4n) is 8.80. The van der Waals surface area contributed by atoms with E-state index in [4.69, 9.17) is 4.52 Å². The van der Waals surface area contributed by atoms with E-state index in [0.717, 1.165) is 35.3 Å². The minimum atomic E-state index is -0.645. The number of hydrogen-bond donors (Lipinski definition) is 0. The van der Waals surface area contributed by atoms with Gasteiger partial charge in [0.2, 0.25) is 0 Å². The van der Waals surface area contributed by atoms with Crippen molar-refractivity contribution < 1.29 is 24.0 Å². The molecule has 5 fully saturated rings. The Hall–Kier alpha value is 0.753. The molecule has 1 aliphatic heterocycles. The standard InChI is InChI=1S/C29H53NOP2.C5H5.Rh/c1-5-15-26(16-6-1)32(27-17-7-2-8-18-27)30-23-13-14-25(30)24-31-33(28-19-9-3-10-20-28)29-21-11-4-12-22-29;1-2-4-5-3-1;/h25-29H,1-24H2;1-5H;/q;-1;/p+2. The van der Waals surface area contributed by atoms with Gasteiger partial charge in [-0.05, 0) is 116 Å². The molecule has 0 bridgehead atoms. The van der Waals surface area contributed by atoms with Crippen LogP contribution in [0.4, 0.5) is 0 Å². The summed E-state index contributed by atoms with van der Waals surface area (Å²) in [6.07, 6.45) is 33.2. The average molecular weight is 664 g/mol. The molecule has 225 valence electrons. The Morgan fingerprint density at radius 3 is 1.41 bits per heavy atom. The molecule has 0 aromatic heterocycles. The summed E-state index contributed by atoms with van der Waals surface area (Å²) in [5, 5.41) is 0. The summed E-state index contributed by atoms with van der Waals surface area (Å²) in [4.78, 5) is 0. The molecule has 0 amide bonds. The zero-order valence-corrected chi connectivity index (χ0v) is 28.6. The van der Waals surface area contributed by atoms with Gasteiger partial charge in [-0.1, -0.05) is 25.7 Å². The zero-order valence-electron chi connectivity index (χ0n) is 24.9. The van der Waals surface area contributed by atoms with Crippen molar-refractivity contribution in [3.8, 4) is 0 Å². The Balaban J connectivity index is 0.000000530. The van der Waals surface area contributed by atoms with Crippen molar-refractivity contribution in [2.24, 2.45) is 0 Å². The van der Waals surface area contributed by atoms with Crippen LogP contribution in [0.3, 0.4) is 0 Å². The molecule has 2 nitrogen and oxygen atoms in total. The third-order valence-electron chi connectivity index (χ3n) is 10.8. The van der Waals surface area contributed by atoms with Crippen molar-refractivity contribution in [1.29, 1.82) is 0 Å². The molecule has 4 aliphatic carbocycles. The summed E-state index contributed by atoms with van der Waals surface area (Å²) in [6, 6.07) is 10.8. The monoisotopic (exact) mass is 663 g/mol. The van der Waals surface area contributed by atoms with Gasteiger partial charge in [-0.25, -0.2) is 16.7 Å². The molecule has 39 heavy (non-hydrogen) atoms. The van der Waals surface area contributed by atoms with E-state index in [9.17, 15) is 0 Å². The molecule has 1 aromatic carbocycles. The maximum atomic E-state index is 7.24. The summed E-state index contributed by atoms with van der Waals surface area (Å²) < 4.78 is 10.4. The Bertz CT molecular complexity index is 670. The normalized spacial score (nSPS) is 26.9. The third kappa shape index (κ3) is 9.89. The van der Waals surface area contributed by atoms with E-state index in [1.807, 2.05) is 30.3 Å². The Kier molecular flexibility index (Phi) is 15.4. The summed E-state index contributed by atoms with van der Waals surface area (Å²) >= 11 is 0. The van der Waals surface area contributed by atoms with Crippen LogP contribution in [0.1, 0.15) is 141 Å². The topological polar surface area (TPSA) is 12.5 Å². The molecule has 0 N–H and O–H groups in total. The van der Waals surface area contributed by atoms with Crippen LogP contribution in [0.15, 0.2) is 30.3 Å². The second-order valence-corrected chi connectivity index (χ2v) is 19.2. The molecule has 5 heteroatoms. The molecular formula is C34H60NOP2Rh+. The smallest absolute Gasteiger partial charge is 0.139 e. The first-order valence-corrected chi connectivity index (χ1v) is 20.4. The largest absolute Gasteiger partial charge is 0.238 e. The van der Waals surface area contributed by atoms with Crippen molar-refractivity contribution in [2.45, 2.75) is 170 Å². The second kappa shape index (κ2) is 18.4. The predicted molar refractivity (Wildman–Crippen MR) is 172 cm³/mol. The number of rotatable bonds is 8. The van der Waals surface area contributed by atoms with Crippen molar-refractivity contribution in [3.05, 3.63) is 30.3 Å². The first-order chi connectivity index (χ1) is 18.9. The van der Waals surface area contributed by atoms with E-state index in [1.54, 1.807) is 25.7 Å². The Labute approximate surface area is 257 Å². The summed E-state index contributed by atoms with van der Waals surface area (Å²) in [6.45, 7) is 2.54. The molecule has 4 saturated carbocycles. The van der Waals surface area contributed by atoms with Crippen LogP contribution in [0, 0.1) is 0 Å². The van der Waals surface area contributed by atoms with Crippen molar-refractivity contribution in [3.63, 3.8) is 0 Å². The van der Waals surface area contributed by atoms with E-state index >= 15 is 0 Å². The van der Waals surface area contributed by atoms with E-state index in [1.165, 1.54) is 122 Å². The van der Waals surface area contributed by atoms with Gasteiger partial charge < -0.3 is 0 Å². The van der Waals surface area contributed by atoms with Gasteiger partial charge >= 0.3 is 0 Å². The number of hydrogen-bond acceptors (Lipinski definition) is 2.